The molecule has 1 saturated carbocycles. The van der Waals surface area contributed by atoms with Crippen molar-refractivity contribution in [3.8, 4) is 34.5 Å². The lowest BCUT2D eigenvalue weighted by Crippen LogP contribution is -2.59. The van der Waals surface area contributed by atoms with Crippen molar-refractivity contribution < 1.29 is 66.5 Å². The van der Waals surface area contributed by atoms with Crippen LogP contribution in [-0.2, 0) is 38.1 Å². The van der Waals surface area contributed by atoms with Crippen LogP contribution < -0.4 is 28.4 Å². The van der Waals surface area contributed by atoms with Crippen LogP contribution in [0.4, 0.5) is 0 Å². The number of benzene rings is 2. The van der Waals surface area contributed by atoms with Gasteiger partial charge in [-0.1, -0.05) is 0 Å². The predicted octanol–water partition coefficient (Wildman–Crippen LogP) is 4.62. The molecule has 0 radical (unpaired) electrons. The minimum Gasteiger partial charge on any atom is -0.496 e. The molecular weight excluding hydrogens is 656 g/mol. The van der Waals surface area contributed by atoms with E-state index in [1.54, 1.807) is 27.7 Å². The number of carbonyl (C=O) groups excluding carboxylic acids is 4. The summed E-state index contributed by atoms with van der Waals surface area (Å²) in [5.41, 5.74) is -4.07. The molecule has 0 heterocycles. The van der Waals surface area contributed by atoms with E-state index in [1.165, 1.54) is 66.9 Å². The van der Waals surface area contributed by atoms with Gasteiger partial charge in [0.15, 0.2) is 10.8 Å². The Morgan fingerprint density at radius 1 is 0.480 bits per heavy atom. The van der Waals surface area contributed by atoms with Crippen molar-refractivity contribution in [2.45, 2.75) is 52.4 Å². The molecule has 0 saturated heterocycles. The van der Waals surface area contributed by atoms with E-state index < -0.39 is 59.4 Å². The van der Waals surface area contributed by atoms with Crippen LogP contribution in [-0.4, -0.2) is 93.0 Å². The highest BCUT2D eigenvalue weighted by Crippen LogP contribution is 2.66. The molecule has 2 atom stereocenters. The molecule has 1 aliphatic rings. The summed E-state index contributed by atoms with van der Waals surface area (Å²) in [7, 11) is 8.44. The Hall–Kier alpha value is -4.88. The van der Waals surface area contributed by atoms with Crippen LogP contribution in [0.25, 0.3) is 0 Å². The van der Waals surface area contributed by atoms with Gasteiger partial charge in [0.2, 0.25) is 0 Å². The summed E-state index contributed by atoms with van der Waals surface area (Å²) in [6.45, 7) is 5.95. The van der Waals surface area contributed by atoms with Crippen LogP contribution >= 0.6 is 0 Å². The fourth-order valence-electron chi connectivity index (χ4n) is 6.83. The maximum Gasteiger partial charge on any atom is 0.324 e. The second-order valence-corrected chi connectivity index (χ2v) is 11.2. The monoisotopic (exact) mass is 704 g/mol. The first-order chi connectivity index (χ1) is 24.0. The third-order valence-electron chi connectivity index (χ3n) is 9.00. The summed E-state index contributed by atoms with van der Waals surface area (Å²) in [6, 6.07) is 6.15. The first-order valence-electron chi connectivity index (χ1n) is 16.3. The van der Waals surface area contributed by atoms with Crippen molar-refractivity contribution in [2.75, 3.05) is 69.1 Å². The van der Waals surface area contributed by atoms with E-state index in [4.69, 9.17) is 47.4 Å². The Kier molecular flexibility index (Phi) is 13.6. The highest BCUT2D eigenvalue weighted by Gasteiger charge is 2.71. The number of carbonyl (C=O) groups is 4. The van der Waals surface area contributed by atoms with Crippen LogP contribution in [0.5, 0.6) is 34.5 Å². The fourth-order valence-corrected chi connectivity index (χ4v) is 6.83. The topological polar surface area (TPSA) is 161 Å². The van der Waals surface area contributed by atoms with Gasteiger partial charge in [-0.05, 0) is 40.5 Å². The van der Waals surface area contributed by atoms with Gasteiger partial charge in [-0.2, -0.15) is 0 Å². The minimum absolute atomic E-state index is 0.107. The van der Waals surface area contributed by atoms with Crippen LogP contribution in [0.1, 0.15) is 63.5 Å². The molecule has 0 N–H and O–H groups in total. The highest BCUT2D eigenvalue weighted by atomic mass is 16.6. The van der Waals surface area contributed by atoms with Crippen LogP contribution in [0.2, 0.25) is 0 Å². The van der Waals surface area contributed by atoms with Crippen molar-refractivity contribution in [1.29, 1.82) is 0 Å². The lowest BCUT2D eigenvalue weighted by atomic mass is 9.50. The normalized spacial score (nSPS) is 17.4. The Balaban J connectivity index is 2.70. The molecule has 14 heteroatoms. The first kappa shape index (κ1) is 39.6. The molecule has 1 fully saturated rings. The van der Waals surface area contributed by atoms with E-state index in [0.29, 0.717) is 11.5 Å². The SMILES string of the molecule is CCOC(=O)C1(C(=O)OCC)C[C@H](c2c(OC)cc(OC)cc2OC)C(C(=O)OCC)(C(=O)OCC)C[C@@H]1c1c(OC)cc(OC)cc1OC. The number of hydrogen-bond acceptors (Lipinski definition) is 14. The summed E-state index contributed by atoms with van der Waals surface area (Å²) in [4.78, 5) is 58.3. The zero-order valence-electron chi connectivity index (χ0n) is 30.4. The molecule has 2 aromatic carbocycles. The molecule has 3 rings (SSSR count). The highest BCUT2D eigenvalue weighted by molar-refractivity contribution is 6.06. The van der Waals surface area contributed by atoms with Gasteiger partial charge < -0.3 is 47.4 Å². The molecule has 0 aromatic heterocycles. The fraction of sp³-hybridized carbons (Fsp3) is 0.556. The summed E-state index contributed by atoms with van der Waals surface area (Å²) in [5.74, 6) is -5.31. The molecule has 0 bridgehead atoms. The van der Waals surface area contributed by atoms with Gasteiger partial charge in [0.05, 0.1) is 69.1 Å². The van der Waals surface area contributed by atoms with E-state index in [9.17, 15) is 19.2 Å². The second kappa shape index (κ2) is 17.2. The van der Waals surface area contributed by atoms with Gasteiger partial charge >= 0.3 is 23.9 Å². The Morgan fingerprint density at radius 3 is 0.900 bits per heavy atom. The first-order valence-corrected chi connectivity index (χ1v) is 16.3. The number of esters is 4. The van der Waals surface area contributed by atoms with E-state index in [0.717, 1.165) is 0 Å². The quantitative estimate of drug-likeness (QED) is 0.135. The average molecular weight is 705 g/mol. The molecule has 0 unspecified atom stereocenters. The maximum atomic E-state index is 14.6. The van der Waals surface area contributed by atoms with Crippen molar-refractivity contribution >= 4 is 23.9 Å². The number of ether oxygens (including phenoxy) is 10. The van der Waals surface area contributed by atoms with Crippen LogP contribution in [0.3, 0.4) is 0 Å². The summed E-state index contributed by atoms with van der Waals surface area (Å²) >= 11 is 0. The van der Waals surface area contributed by atoms with Gasteiger partial charge in [-0.15, -0.1) is 0 Å². The van der Waals surface area contributed by atoms with Crippen LogP contribution in [0, 0.1) is 10.8 Å². The van der Waals surface area contributed by atoms with Gasteiger partial charge in [-0.25, -0.2) is 0 Å². The average Bonchev–Trinajstić information content (AvgIpc) is 3.13. The second-order valence-electron chi connectivity index (χ2n) is 11.2. The summed E-state index contributed by atoms with van der Waals surface area (Å²) in [5, 5.41) is 0. The molecular formula is C36H48O14. The molecule has 276 valence electrons. The number of rotatable bonds is 16. The smallest absolute Gasteiger partial charge is 0.324 e. The largest absolute Gasteiger partial charge is 0.496 e. The van der Waals surface area contributed by atoms with Crippen molar-refractivity contribution in [3.63, 3.8) is 0 Å². The van der Waals surface area contributed by atoms with Gasteiger partial charge in [-0.3, -0.25) is 19.2 Å². The third-order valence-corrected chi connectivity index (χ3v) is 9.00. The van der Waals surface area contributed by atoms with E-state index >= 15 is 0 Å². The molecule has 0 amide bonds. The predicted molar refractivity (Wildman–Crippen MR) is 178 cm³/mol. The maximum absolute atomic E-state index is 14.6. The Labute approximate surface area is 292 Å². The standard InChI is InChI=1S/C36H48O14/c1-11-47-31(37)35(32(38)48-12-2)19-24(30-27(45-9)17-22(42-6)18-28(30)46-10)36(33(39)49-13-3,34(40)50-14-4)20-23(35)29-25(43-7)15-21(41-5)16-26(29)44-8/h15-18,23-24H,11-14,19-20H2,1-10H3/t23-,24-/m1/s1. The molecule has 0 aliphatic heterocycles. The Bertz CT molecular complexity index is 1330. The van der Waals surface area contributed by atoms with E-state index in [2.05, 4.69) is 0 Å². The van der Waals surface area contributed by atoms with Crippen molar-refractivity contribution in [1.82, 2.24) is 0 Å². The van der Waals surface area contributed by atoms with Gasteiger partial charge in [0.25, 0.3) is 0 Å². The molecule has 50 heavy (non-hydrogen) atoms. The minimum atomic E-state index is -2.22. The van der Waals surface area contributed by atoms with E-state index in [1.807, 2.05) is 0 Å². The Morgan fingerprint density at radius 2 is 0.720 bits per heavy atom. The molecule has 14 nitrogen and oxygen atoms in total. The van der Waals surface area contributed by atoms with Crippen molar-refractivity contribution in [2.24, 2.45) is 10.8 Å². The summed E-state index contributed by atoms with van der Waals surface area (Å²) in [6.07, 6.45) is -1.07. The van der Waals surface area contributed by atoms with Crippen molar-refractivity contribution in [3.05, 3.63) is 35.4 Å². The van der Waals surface area contributed by atoms with Gasteiger partial charge in [0.1, 0.15) is 34.5 Å². The lowest BCUT2D eigenvalue weighted by Gasteiger charge is -2.50. The van der Waals surface area contributed by atoms with E-state index in [-0.39, 0.29) is 60.6 Å². The number of hydrogen-bond donors (Lipinski definition) is 0. The zero-order chi connectivity index (χ0) is 37.2. The zero-order valence-corrected chi connectivity index (χ0v) is 30.4. The third kappa shape index (κ3) is 6.92. The summed E-state index contributed by atoms with van der Waals surface area (Å²) < 4.78 is 56.7. The number of methoxy groups -OCH3 is 6. The van der Waals surface area contributed by atoms with Crippen LogP contribution in [0.15, 0.2) is 24.3 Å². The molecule has 1 aliphatic carbocycles. The molecule has 0 spiro atoms. The molecule has 2 aromatic rings. The van der Waals surface area contributed by atoms with Gasteiger partial charge in [0, 0.05) is 47.2 Å². The lowest BCUT2D eigenvalue weighted by molar-refractivity contribution is -0.192.